The smallest absolute Gasteiger partial charge is 0.408 e. The molecule has 3 aromatic heterocycles. The Bertz CT molecular complexity index is 1740. The van der Waals surface area contributed by atoms with Gasteiger partial charge in [0.25, 0.3) is 0 Å². The number of hydrogen-bond acceptors (Lipinski definition) is 9. The quantitative estimate of drug-likeness (QED) is 0.332. The second kappa shape index (κ2) is 13.2. The van der Waals surface area contributed by atoms with Crippen LogP contribution in [0.25, 0.3) is 20.9 Å². The second-order valence-electron chi connectivity index (χ2n) is 13.8. The second-order valence-corrected chi connectivity index (χ2v) is 14.9. The molecule has 3 amide bonds. The van der Waals surface area contributed by atoms with Crippen LogP contribution < -0.4 is 15.4 Å². The number of carbonyl (C=O) groups excluding carboxylic acids is 3. The summed E-state index contributed by atoms with van der Waals surface area (Å²) in [5, 5.41) is 15.7. The Morgan fingerprint density at radius 2 is 1.98 bits per heavy atom. The number of ether oxygens (including phenoxy) is 2. The first kappa shape index (κ1) is 33.4. The van der Waals surface area contributed by atoms with E-state index in [2.05, 4.69) is 20.6 Å². The number of alkyl carbamates (subject to hydrolysis) is 1. The molecule has 6 rings (SSSR count). The van der Waals surface area contributed by atoms with Gasteiger partial charge in [0.05, 0.1) is 21.6 Å². The molecule has 14 heteroatoms. The third-order valence-corrected chi connectivity index (χ3v) is 10.2. The number of allylic oxidation sites excluding steroid dienone is 1. The minimum absolute atomic E-state index is 0.0637. The van der Waals surface area contributed by atoms with Crippen LogP contribution in [0.1, 0.15) is 65.7 Å². The van der Waals surface area contributed by atoms with E-state index in [0.29, 0.717) is 18.6 Å². The molecule has 0 spiro atoms. The number of aliphatic carboxylic acids is 1. The van der Waals surface area contributed by atoms with E-state index in [9.17, 15) is 24.3 Å². The highest BCUT2D eigenvalue weighted by Crippen LogP contribution is 2.45. The number of thiophene rings is 1. The monoisotopic (exact) mass is 678 g/mol. The van der Waals surface area contributed by atoms with Gasteiger partial charge >= 0.3 is 12.1 Å². The van der Waals surface area contributed by atoms with Gasteiger partial charge in [-0.2, -0.15) is 0 Å². The highest BCUT2D eigenvalue weighted by Gasteiger charge is 2.61. The third kappa shape index (κ3) is 7.03. The van der Waals surface area contributed by atoms with Gasteiger partial charge < -0.3 is 34.7 Å². The maximum absolute atomic E-state index is 14.3. The van der Waals surface area contributed by atoms with E-state index >= 15 is 0 Å². The molecule has 0 aromatic carbocycles. The van der Waals surface area contributed by atoms with Gasteiger partial charge in [-0.25, -0.2) is 14.6 Å². The number of aromatic nitrogens is 3. The average Bonchev–Trinajstić information content (AvgIpc) is 3.36. The molecule has 0 unspecified atom stereocenters. The van der Waals surface area contributed by atoms with Gasteiger partial charge in [0.1, 0.15) is 40.9 Å². The number of aryl methyl sites for hydroxylation is 1. The van der Waals surface area contributed by atoms with Crippen LogP contribution in [-0.4, -0.2) is 84.3 Å². The number of nitrogens with one attached hydrogen (secondary N) is 2. The highest BCUT2D eigenvalue weighted by molar-refractivity contribution is 7.22. The maximum atomic E-state index is 14.3. The lowest BCUT2D eigenvalue weighted by Gasteiger charge is -2.30. The fourth-order valence-corrected chi connectivity index (χ4v) is 7.61. The van der Waals surface area contributed by atoms with Crippen LogP contribution in [0.15, 0.2) is 42.9 Å². The van der Waals surface area contributed by atoms with Gasteiger partial charge in [-0.05, 0) is 58.6 Å². The number of pyridine rings is 1. The summed E-state index contributed by atoms with van der Waals surface area (Å²) in [7, 11) is 1.92. The van der Waals surface area contributed by atoms with Crippen molar-refractivity contribution in [2.24, 2.45) is 13.0 Å². The Morgan fingerprint density at radius 1 is 1.17 bits per heavy atom. The van der Waals surface area contributed by atoms with Crippen LogP contribution in [0.2, 0.25) is 0 Å². The molecule has 5 atom stereocenters. The van der Waals surface area contributed by atoms with Gasteiger partial charge in [-0.1, -0.05) is 25.0 Å². The molecule has 13 nitrogen and oxygen atoms in total. The zero-order valence-electron chi connectivity index (χ0n) is 27.6. The van der Waals surface area contributed by atoms with Crippen molar-refractivity contribution in [1.82, 2.24) is 30.1 Å². The van der Waals surface area contributed by atoms with Gasteiger partial charge in [0.15, 0.2) is 0 Å². The minimum atomic E-state index is -1.43. The molecule has 3 aliphatic rings. The number of carboxylic acids is 1. The number of carbonyl (C=O) groups is 4. The van der Waals surface area contributed by atoms with Crippen LogP contribution in [-0.2, 0) is 26.2 Å². The summed E-state index contributed by atoms with van der Waals surface area (Å²) in [5.74, 6) is -1.09. The number of rotatable bonds is 5. The molecule has 5 heterocycles. The lowest BCUT2D eigenvalue weighted by atomic mass is 10.0. The first-order chi connectivity index (χ1) is 22.8. The molecule has 3 aromatic rings. The van der Waals surface area contributed by atoms with Crippen LogP contribution in [0.3, 0.4) is 0 Å². The third-order valence-electron chi connectivity index (χ3n) is 9.02. The molecule has 1 saturated heterocycles. The molecule has 48 heavy (non-hydrogen) atoms. The van der Waals surface area contributed by atoms with Crippen molar-refractivity contribution >= 4 is 45.4 Å². The van der Waals surface area contributed by atoms with Crippen molar-refractivity contribution < 1.29 is 33.8 Å². The van der Waals surface area contributed by atoms with Crippen molar-refractivity contribution in [3.63, 3.8) is 0 Å². The van der Waals surface area contributed by atoms with Crippen LogP contribution >= 0.6 is 11.3 Å². The predicted molar refractivity (Wildman–Crippen MR) is 178 cm³/mol. The van der Waals surface area contributed by atoms with E-state index < -0.39 is 53.2 Å². The fraction of sp³-hybridized carbons (Fsp3) is 0.529. The van der Waals surface area contributed by atoms with Crippen molar-refractivity contribution in [3.05, 3.63) is 42.9 Å². The van der Waals surface area contributed by atoms with Crippen molar-refractivity contribution in [1.29, 1.82) is 0 Å². The summed E-state index contributed by atoms with van der Waals surface area (Å²) in [6.07, 6.45) is 11.6. The largest absolute Gasteiger partial charge is 0.487 e. The Morgan fingerprint density at radius 3 is 2.71 bits per heavy atom. The molecule has 0 radical (unpaired) electrons. The summed E-state index contributed by atoms with van der Waals surface area (Å²) in [6.45, 7) is 5.29. The molecule has 2 fully saturated rings. The first-order valence-electron chi connectivity index (χ1n) is 16.4. The van der Waals surface area contributed by atoms with Gasteiger partial charge in [0, 0.05) is 38.0 Å². The number of hydrogen-bond donors (Lipinski definition) is 3. The predicted octanol–water partition coefficient (Wildman–Crippen LogP) is 4.42. The normalized spacial score (nSPS) is 27.2. The highest BCUT2D eigenvalue weighted by atomic mass is 32.1. The Labute approximate surface area is 282 Å². The summed E-state index contributed by atoms with van der Waals surface area (Å²) >= 11 is 1.48. The topological polar surface area (TPSA) is 165 Å². The number of amides is 3. The summed E-state index contributed by atoms with van der Waals surface area (Å²) in [4.78, 5) is 64.8. The van der Waals surface area contributed by atoms with E-state index in [1.165, 1.54) is 16.2 Å². The van der Waals surface area contributed by atoms with Crippen molar-refractivity contribution in [2.75, 3.05) is 6.54 Å². The van der Waals surface area contributed by atoms with Gasteiger partial charge in [-0.15, -0.1) is 11.3 Å². The molecule has 3 N–H and O–H groups in total. The average molecular weight is 679 g/mol. The number of nitrogens with zero attached hydrogens (tertiary/aromatic N) is 4. The van der Waals surface area contributed by atoms with Crippen molar-refractivity contribution in [2.45, 2.75) is 95.0 Å². The maximum Gasteiger partial charge on any atom is 0.408 e. The minimum Gasteiger partial charge on any atom is -0.487 e. The summed E-state index contributed by atoms with van der Waals surface area (Å²) in [6, 6.07) is 1.75. The lowest BCUT2D eigenvalue weighted by molar-refractivity contribution is -0.145. The van der Waals surface area contributed by atoms with E-state index in [0.717, 1.165) is 40.2 Å². The summed E-state index contributed by atoms with van der Waals surface area (Å²) < 4.78 is 14.7. The Kier molecular flexibility index (Phi) is 9.20. The van der Waals surface area contributed by atoms with Crippen LogP contribution in [0, 0.1) is 5.92 Å². The molecule has 2 aliphatic heterocycles. The molecule has 0 bridgehead atoms. The zero-order chi connectivity index (χ0) is 34.2. The van der Waals surface area contributed by atoms with E-state index in [-0.39, 0.29) is 25.3 Å². The Hall–Kier alpha value is -4.46. The lowest BCUT2D eigenvalue weighted by Crippen LogP contribution is -2.56. The fourth-order valence-electron chi connectivity index (χ4n) is 6.50. The zero-order valence-corrected chi connectivity index (χ0v) is 28.4. The Balaban J connectivity index is 1.29. The number of carboxylic acid groups (broad SMARTS) is 1. The van der Waals surface area contributed by atoms with Gasteiger partial charge in [0.2, 0.25) is 11.8 Å². The number of imidazole rings is 1. The van der Waals surface area contributed by atoms with Gasteiger partial charge in [-0.3, -0.25) is 14.6 Å². The van der Waals surface area contributed by atoms with E-state index in [4.69, 9.17) is 9.47 Å². The van der Waals surface area contributed by atoms with Crippen LogP contribution in [0.4, 0.5) is 4.79 Å². The molecule has 1 saturated carbocycles. The molecular formula is C34H42N6O7S. The SMILES string of the molecule is Cn1ccnc1-c1cc2nccc(O[C@@H]3C[C@H]4C(=O)N[C@]5(C(=O)O)C[C@@H]5/C=C\CCCCC[C@H](NC(=O)OC(C)(C)C)C(=O)N4C3)c2s1. The first-order valence-corrected chi connectivity index (χ1v) is 17.2. The summed E-state index contributed by atoms with van der Waals surface area (Å²) in [5.41, 5.74) is -1.46. The molecule has 256 valence electrons. The van der Waals surface area contributed by atoms with Crippen molar-refractivity contribution in [3.8, 4) is 16.5 Å². The van der Waals surface area contributed by atoms with E-state index in [1.807, 2.05) is 36.0 Å². The van der Waals surface area contributed by atoms with Crippen LogP contribution in [0.5, 0.6) is 5.75 Å². The molecular weight excluding hydrogens is 636 g/mol. The van der Waals surface area contributed by atoms with E-state index in [1.54, 1.807) is 39.2 Å². The molecule has 1 aliphatic carbocycles. The standard InChI is InChI=1S/C34H42N6O7S/c1-33(2,3)47-32(45)37-22-11-9-7-5-6-8-10-20-18-34(20,31(43)44)38-29(41)24-16-21(19-40(24)30(22)42)46-25-12-13-35-23-17-26(48-27(23)25)28-36-14-15-39(28)4/h8,10,12-15,17,20-22,24H,5-7,9,11,16,18-19H2,1-4H3,(H,37,45)(H,38,41)(H,43,44)/b10-8-/t20-,21+,22-,24-,34+/m0/s1. The number of fused-ring (bicyclic) bond motifs is 3.